The lowest BCUT2D eigenvalue weighted by molar-refractivity contribution is 0.0472. The molecule has 1 aliphatic heterocycles. The van der Waals surface area contributed by atoms with Crippen LogP contribution in [0.3, 0.4) is 0 Å². The average molecular weight is 392 g/mol. The van der Waals surface area contributed by atoms with Crippen molar-refractivity contribution in [3.8, 4) is 0 Å². The summed E-state index contributed by atoms with van der Waals surface area (Å²) in [7, 11) is 0.451. The Morgan fingerprint density at radius 1 is 1.22 bits per heavy atom. The van der Waals surface area contributed by atoms with Gasteiger partial charge in [0.1, 0.15) is 5.60 Å². The van der Waals surface area contributed by atoms with Crippen molar-refractivity contribution in [1.82, 2.24) is 4.98 Å². The van der Waals surface area contributed by atoms with Crippen LogP contribution in [0.5, 0.6) is 0 Å². The first-order valence-corrected chi connectivity index (χ1v) is 10.3. The van der Waals surface area contributed by atoms with Crippen molar-refractivity contribution in [1.29, 1.82) is 0 Å². The van der Waals surface area contributed by atoms with Gasteiger partial charge in [0.25, 0.3) is 0 Å². The fourth-order valence-corrected chi connectivity index (χ4v) is 3.43. The normalized spacial score (nSPS) is 17.7. The van der Waals surface area contributed by atoms with Gasteiger partial charge in [0.2, 0.25) is 9.76 Å². The lowest BCUT2D eigenvalue weighted by atomic mass is 9.84. The summed E-state index contributed by atoms with van der Waals surface area (Å²) in [5.74, 6) is 0.331. The number of amides is 1. The number of pyridine rings is 1. The van der Waals surface area contributed by atoms with Crippen LogP contribution in [0.2, 0.25) is 5.04 Å². The van der Waals surface area contributed by atoms with Crippen LogP contribution in [0, 0.1) is 5.92 Å². The zero-order valence-electron chi connectivity index (χ0n) is 17.8. The summed E-state index contributed by atoms with van der Waals surface area (Å²) in [6.45, 7) is 17.2. The van der Waals surface area contributed by atoms with Crippen LogP contribution in [0.4, 0.5) is 16.2 Å². The molecule has 6 nitrogen and oxygen atoms in total. The summed E-state index contributed by atoms with van der Waals surface area (Å²) in [6, 6.07) is 1.91. The minimum atomic E-state index is -0.531. The number of nitrogens with one attached hydrogen (secondary N) is 2. The second-order valence-corrected chi connectivity index (χ2v) is 11.6. The molecule has 27 heavy (non-hydrogen) atoms. The van der Waals surface area contributed by atoms with Crippen molar-refractivity contribution in [2.75, 3.05) is 17.2 Å². The Hall–Kier alpha value is -1.60. The molecule has 0 aliphatic carbocycles. The van der Waals surface area contributed by atoms with Crippen LogP contribution in [0.1, 0.15) is 61.1 Å². The van der Waals surface area contributed by atoms with Crippen molar-refractivity contribution in [3.63, 3.8) is 0 Å². The molecule has 0 aromatic carbocycles. The smallest absolute Gasteiger partial charge is 0.412 e. The van der Waals surface area contributed by atoms with Crippen LogP contribution in [-0.2, 0) is 15.6 Å². The first-order valence-electron chi connectivity index (χ1n) is 9.43. The quantitative estimate of drug-likeness (QED) is 0.731. The largest absolute Gasteiger partial charge is 0.444 e. The number of hydrogen-bond donors (Lipinski definition) is 2. The van der Waals surface area contributed by atoms with Gasteiger partial charge in [-0.1, -0.05) is 20.8 Å². The van der Waals surface area contributed by atoms with E-state index in [9.17, 15) is 4.79 Å². The number of fused-ring (bicyclic) bond motifs is 1. The summed E-state index contributed by atoms with van der Waals surface area (Å²) in [4.78, 5) is 16.5. The number of anilines is 2. The topological polar surface area (TPSA) is 72.5 Å². The van der Waals surface area contributed by atoms with Crippen molar-refractivity contribution < 1.29 is 14.0 Å². The summed E-state index contributed by atoms with van der Waals surface area (Å²) in [6.07, 6.45) is 2.05. The van der Waals surface area contributed by atoms with Gasteiger partial charge in [-0.2, -0.15) is 0 Å². The molecule has 0 bridgehead atoms. The van der Waals surface area contributed by atoms with Crippen molar-refractivity contribution in [3.05, 3.63) is 18.0 Å². The number of rotatable bonds is 4. The van der Waals surface area contributed by atoms with Crippen molar-refractivity contribution >= 4 is 27.2 Å². The summed E-state index contributed by atoms with van der Waals surface area (Å²) in [5.41, 5.74) is 1.81. The maximum atomic E-state index is 11.9. The Labute approximate surface area is 165 Å². The highest BCUT2D eigenvalue weighted by Crippen LogP contribution is 2.34. The average Bonchev–Trinajstić information content (AvgIpc) is 2.50. The molecule has 2 heterocycles. The van der Waals surface area contributed by atoms with E-state index in [1.165, 1.54) is 0 Å². The summed E-state index contributed by atoms with van der Waals surface area (Å²) < 4.78 is 11.5. The van der Waals surface area contributed by atoms with E-state index < -0.39 is 11.7 Å². The molecule has 0 fully saturated rings. The van der Waals surface area contributed by atoms with Crippen LogP contribution in [0.25, 0.3) is 0 Å². The third-order valence-electron chi connectivity index (χ3n) is 4.20. The van der Waals surface area contributed by atoms with Gasteiger partial charge in [-0.15, -0.1) is 0 Å². The van der Waals surface area contributed by atoms with E-state index >= 15 is 0 Å². The summed E-state index contributed by atoms with van der Waals surface area (Å²) in [5, 5.41) is 6.35. The molecule has 0 saturated heterocycles. The Kier molecular flexibility index (Phi) is 6.26. The second-order valence-electron chi connectivity index (χ2n) is 9.68. The molecule has 7 heteroatoms. The molecule has 1 atom stereocenters. The Balaban J connectivity index is 2.02. The third kappa shape index (κ3) is 6.81. The molecule has 150 valence electrons. The maximum Gasteiger partial charge on any atom is 0.412 e. The predicted octanol–water partition coefficient (Wildman–Crippen LogP) is 4.65. The number of hydrogen-bond acceptors (Lipinski definition) is 5. The van der Waals surface area contributed by atoms with E-state index in [1.54, 1.807) is 6.20 Å². The first-order chi connectivity index (χ1) is 12.3. The number of nitrogens with zero attached hydrogens (tertiary/aromatic N) is 1. The van der Waals surface area contributed by atoms with Gasteiger partial charge in [-0.3, -0.25) is 10.3 Å². The molecule has 0 spiro atoms. The molecule has 2 radical (unpaired) electrons. The fraction of sp³-hybridized carbons (Fsp3) is 0.700. The molecule has 1 amide bonds. The minimum Gasteiger partial charge on any atom is -0.444 e. The first kappa shape index (κ1) is 21.7. The van der Waals surface area contributed by atoms with E-state index in [1.807, 2.05) is 26.8 Å². The van der Waals surface area contributed by atoms with Gasteiger partial charge in [0.05, 0.1) is 28.9 Å². The van der Waals surface area contributed by atoms with Gasteiger partial charge in [0.15, 0.2) is 0 Å². The zero-order valence-corrected chi connectivity index (χ0v) is 18.8. The molecule has 2 N–H and O–H groups in total. The molecule has 1 aromatic rings. The lowest BCUT2D eigenvalue weighted by Crippen LogP contribution is -2.44. The SMILES string of the molecule is CC(C)(C)OC(=O)Nc1cnc2c(c1)NCC(C(C)(C)O[Si]C(C)(C)C)C2. The van der Waals surface area contributed by atoms with E-state index in [4.69, 9.17) is 9.16 Å². The van der Waals surface area contributed by atoms with Gasteiger partial charge in [0, 0.05) is 12.5 Å². The second kappa shape index (κ2) is 7.79. The lowest BCUT2D eigenvalue weighted by Gasteiger charge is -2.39. The zero-order chi connectivity index (χ0) is 20.5. The number of carbonyl (C=O) groups excluding carboxylic acids is 1. The summed E-state index contributed by atoms with van der Waals surface area (Å²) >= 11 is 0. The van der Waals surface area contributed by atoms with Gasteiger partial charge >= 0.3 is 6.09 Å². The Bertz CT molecular complexity index is 678. The maximum absolute atomic E-state index is 11.9. The van der Waals surface area contributed by atoms with Crippen LogP contribution in [0.15, 0.2) is 12.3 Å². The molecule has 1 aliphatic rings. The Morgan fingerprint density at radius 2 is 1.89 bits per heavy atom. The van der Waals surface area contributed by atoms with E-state index in [0.717, 1.165) is 24.3 Å². The monoisotopic (exact) mass is 391 g/mol. The predicted molar refractivity (Wildman–Crippen MR) is 110 cm³/mol. The third-order valence-corrected chi connectivity index (χ3v) is 5.44. The number of carbonyl (C=O) groups is 1. The van der Waals surface area contributed by atoms with Crippen LogP contribution < -0.4 is 10.6 Å². The Morgan fingerprint density at radius 3 is 2.48 bits per heavy atom. The standard InChI is InChI=1S/C20H33N3O3Si/c1-18(2,3)25-17(24)23-14-10-16-15(22-12-14)9-13(11-21-16)20(7,8)26-27-19(4,5)6/h10,12-13,21H,9,11H2,1-8H3,(H,23,24). The minimum absolute atomic E-state index is 0.164. The molecule has 0 saturated carbocycles. The molecule has 1 unspecified atom stereocenters. The molecule has 1 aromatic heterocycles. The molecule has 2 rings (SSSR count). The van der Waals surface area contributed by atoms with Crippen molar-refractivity contribution in [2.24, 2.45) is 5.92 Å². The van der Waals surface area contributed by atoms with Gasteiger partial charge in [-0.05, 0) is 52.1 Å². The molecular formula is C20H33N3O3Si. The van der Waals surface area contributed by atoms with Crippen molar-refractivity contribution in [2.45, 2.75) is 78.1 Å². The van der Waals surface area contributed by atoms with Gasteiger partial charge < -0.3 is 14.5 Å². The number of aromatic nitrogens is 1. The van der Waals surface area contributed by atoms with E-state index in [2.05, 4.69) is 50.2 Å². The fourth-order valence-electron chi connectivity index (χ4n) is 2.70. The highest BCUT2D eigenvalue weighted by atomic mass is 28.2. The number of ether oxygens (including phenoxy) is 1. The van der Waals surface area contributed by atoms with Gasteiger partial charge in [-0.25, -0.2) is 4.79 Å². The van der Waals surface area contributed by atoms with E-state index in [-0.39, 0.29) is 10.6 Å². The highest BCUT2D eigenvalue weighted by Gasteiger charge is 2.35. The van der Waals surface area contributed by atoms with Crippen LogP contribution in [-0.4, -0.2) is 38.6 Å². The highest BCUT2D eigenvalue weighted by molar-refractivity contribution is 6.31. The molecular weight excluding hydrogens is 358 g/mol. The van der Waals surface area contributed by atoms with E-state index in [0.29, 0.717) is 21.4 Å². The van der Waals surface area contributed by atoms with Crippen LogP contribution >= 0.6 is 0 Å².